The zero-order valence-corrected chi connectivity index (χ0v) is 9.72. The van der Waals surface area contributed by atoms with Crippen LogP contribution in [-0.4, -0.2) is 61.8 Å². The molecule has 102 valence electrons. The first-order chi connectivity index (χ1) is 7.42. The van der Waals surface area contributed by atoms with Crippen molar-refractivity contribution in [2.75, 3.05) is 0 Å². The summed E-state index contributed by atoms with van der Waals surface area (Å²) in [5.74, 6) is -7.50. The molecule has 10 heteroatoms. The molecule has 0 aromatic heterocycles. The van der Waals surface area contributed by atoms with Crippen LogP contribution in [-0.2, 0) is 10.0 Å². The molecule has 0 saturated carbocycles. The minimum absolute atomic E-state index is 0.148. The van der Waals surface area contributed by atoms with Crippen LogP contribution < -0.4 is 4.72 Å². The highest BCUT2D eigenvalue weighted by Crippen LogP contribution is 2.39. The Hall–Kier alpha value is -0.330. The molecule has 1 unspecified atom stereocenters. The summed E-state index contributed by atoms with van der Waals surface area (Å²) in [6, 6.07) is -1.68. The second-order valence-electron chi connectivity index (χ2n) is 3.97. The van der Waals surface area contributed by atoms with E-state index in [1.807, 2.05) is 0 Å². The van der Waals surface area contributed by atoms with Gasteiger partial charge in [-0.1, -0.05) is 13.3 Å². The molecule has 1 atom stereocenters. The molecule has 0 spiro atoms. The van der Waals surface area contributed by atoms with Crippen LogP contribution in [0.1, 0.15) is 19.8 Å². The molecule has 0 radical (unpaired) electrons. The summed E-state index contributed by atoms with van der Waals surface area (Å²) in [7, 11) is -4.97. The Morgan fingerprint density at radius 1 is 1.12 bits per heavy atom. The van der Waals surface area contributed by atoms with Crippen LogP contribution in [0.5, 0.6) is 0 Å². The number of aliphatic hydroxyl groups is 6. The smallest absolute Gasteiger partial charge is 0.344 e. The molecule has 0 aromatic carbocycles. The van der Waals surface area contributed by atoms with Gasteiger partial charge in [-0.3, -0.25) is 0 Å². The molecule has 17 heavy (non-hydrogen) atoms. The van der Waals surface area contributed by atoms with E-state index >= 15 is 0 Å². The zero-order valence-electron chi connectivity index (χ0n) is 8.90. The third-order valence-electron chi connectivity index (χ3n) is 2.70. The van der Waals surface area contributed by atoms with Gasteiger partial charge in [0.25, 0.3) is 15.8 Å². The van der Waals surface area contributed by atoms with Crippen molar-refractivity contribution in [2.45, 2.75) is 42.5 Å². The monoisotopic (exact) mass is 273 g/mol. The van der Waals surface area contributed by atoms with Crippen LogP contribution >= 0.6 is 0 Å². The maximum Gasteiger partial charge on any atom is 0.344 e. The molecule has 1 aliphatic rings. The lowest BCUT2D eigenvalue weighted by atomic mass is 9.93. The number of sulfonamides is 1. The highest BCUT2D eigenvalue weighted by Gasteiger charge is 2.74. The molecule has 9 nitrogen and oxygen atoms in total. The number of hydrogen-bond acceptors (Lipinski definition) is 8. The molecule has 7 N–H and O–H groups in total. The average molecular weight is 273 g/mol. The third kappa shape index (κ3) is 1.77. The van der Waals surface area contributed by atoms with Crippen LogP contribution in [0.25, 0.3) is 0 Å². The van der Waals surface area contributed by atoms with Crippen LogP contribution in [0.3, 0.4) is 0 Å². The molecule has 0 aromatic rings. The van der Waals surface area contributed by atoms with Crippen molar-refractivity contribution in [3.05, 3.63) is 0 Å². The average Bonchev–Trinajstić information content (AvgIpc) is 2.14. The lowest BCUT2D eigenvalue weighted by molar-refractivity contribution is -0.438. The summed E-state index contributed by atoms with van der Waals surface area (Å²) in [5.41, 5.74) is 0. The summed E-state index contributed by atoms with van der Waals surface area (Å²) < 4.78 is 24.3. The Morgan fingerprint density at radius 3 is 2.00 bits per heavy atom. The quantitative estimate of drug-likeness (QED) is 0.250. The normalized spacial score (nSPS) is 33.2. The van der Waals surface area contributed by atoms with Gasteiger partial charge in [0.15, 0.2) is 0 Å². The van der Waals surface area contributed by atoms with E-state index in [2.05, 4.69) is 0 Å². The van der Waals surface area contributed by atoms with Crippen molar-refractivity contribution in [3.63, 3.8) is 0 Å². The summed E-state index contributed by atoms with van der Waals surface area (Å²) in [6.07, 6.45) is 0.140. The maximum absolute atomic E-state index is 11.3. The van der Waals surface area contributed by atoms with Crippen LogP contribution in [0.15, 0.2) is 0 Å². The standard InChI is InChI=1S/C7H15NO8S/c1-2-3-4-5(9,10)6(11,12)7(13,14)17(15,16)8-4/h4,8-14H,2-3H2,1H3. The minimum Gasteiger partial charge on any atom is -0.360 e. The highest BCUT2D eigenvalue weighted by molar-refractivity contribution is 7.90. The molecule has 0 bridgehead atoms. The lowest BCUT2D eigenvalue weighted by Gasteiger charge is -2.49. The Balaban J connectivity index is 3.35. The molecule has 0 amide bonds. The fraction of sp³-hybridized carbons (Fsp3) is 1.00. The van der Waals surface area contributed by atoms with Crippen LogP contribution in [0, 0.1) is 0 Å². The van der Waals surface area contributed by atoms with E-state index in [1.54, 1.807) is 11.6 Å². The predicted molar refractivity (Wildman–Crippen MR) is 52.3 cm³/mol. The largest absolute Gasteiger partial charge is 0.360 e. The van der Waals surface area contributed by atoms with Gasteiger partial charge in [-0.15, -0.1) is 0 Å². The van der Waals surface area contributed by atoms with Gasteiger partial charge in [-0.05, 0) is 6.42 Å². The van der Waals surface area contributed by atoms with Crippen LogP contribution in [0.4, 0.5) is 0 Å². The molecule has 1 heterocycles. The van der Waals surface area contributed by atoms with Gasteiger partial charge >= 0.3 is 5.12 Å². The van der Waals surface area contributed by atoms with Crippen LogP contribution in [0.2, 0.25) is 0 Å². The van der Waals surface area contributed by atoms with Crippen molar-refractivity contribution >= 4 is 10.0 Å². The molecule has 1 saturated heterocycles. The number of rotatable bonds is 2. The third-order valence-corrected chi connectivity index (χ3v) is 4.33. The van der Waals surface area contributed by atoms with Crippen molar-refractivity contribution in [3.8, 4) is 0 Å². The first kappa shape index (κ1) is 14.7. The van der Waals surface area contributed by atoms with E-state index in [-0.39, 0.29) is 12.8 Å². The molecule has 1 rings (SSSR count). The fourth-order valence-corrected chi connectivity index (χ4v) is 2.92. The molecule has 1 fully saturated rings. The molecule has 1 aliphatic heterocycles. The highest BCUT2D eigenvalue weighted by atomic mass is 32.2. The predicted octanol–water partition coefficient (Wildman–Crippen LogP) is -3.91. The fourth-order valence-electron chi connectivity index (χ4n) is 1.57. The second-order valence-corrected chi connectivity index (χ2v) is 5.78. The zero-order chi connectivity index (χ0) is 13.7. The number of nitrogens with one attached hydrogen (secondary N) is 1. The summed E-state index contributed by atoms with van der Waals surface area (Å²) >= 11 is 0. The Bertz CT molecular complexity index is 400. The molecular formula is C7H15NO8S. The van der Waals surface area contributed by atoms with E-state index in [0.29, 0.717) is 0 Å². The minimum atomic E-state index is -4.97. The maximum atomic E-state index is 11.3. The van der Waals surface area contributed by atoms with E-state index in [0.717, 1.165) is 0 Å². The Morgan fingerprint density at radius 2 is 1.59 bits per heavy atom. The van der Waals surface area contributed by atoms with Gasteiger partial charge in [-0.2, -0.15) is 0 Å². The van der Waals surface area contributed by atoms with Crippen molar-refractivity contribution in [1.29, 1.82) is 0 Å². The van der Waals surface area contributed by atoms with Gasteiger partial charge in [0.2, 0.25) is 5.79 Å². The second kappa shape index (κ2) is 3.83. The lowest BCUT2D eigenvalue weighted by Crippen LogP contribution is -2.82. The first-order valence-electron chi connectivity index (χ1n) is 4.78. The van der Waals surface area contributed by atoms with Crippen molar-refractivity contribution in [2.24, 2.45) is 0 Å². The SMILES string of the molecule is CCCC1NS(=O)(=O)C(O)(O)C(O)(O)C1(O)O. The van der Waals surface area contributed by atoms with Gasteiger partial charge in [-0.25, -0.2) is 13.1 Å². The van der Waals surface area contributed by atoms with Gasteiger partial charge in [0.1, 0.15) is 0 Å². The Kier molecular flexibility index (Phi) is 3.32. The number of hydrogen-bond donors (Lipinski definition) is 7. The van der Waals surface area contributed by atoms with Gasteiger partial charge in [0.05, 0.1) is 6.04 Å². The molecular weight excluding hydrogens is 258 g/mol. The van der Waals surface area contributed by atoms with Crippen molar-refractivity contribution < 1.29 is 39.1 Å². The summed E-state index contributed by atoms with van der Waals surface area (Å²) in [6.45, 7) is 1.58. The topological polar surface area (TPSA) is 168 Å². The van der Waals surface area contributed by atoms with E-state index in [1.165, 1.54) is 0 Å². The van der Waals surface area contributed by atoms with Crippen molar-refractivity contribution in [1.82, 2.24) is 4.72 Å². The summed E-state index contributed by atoms with van der Waals surface area (Å²) in [5, 5.41) is 51.7. The van der Waals surface area contributed by atoms with Gasteiger partial charge < -0.3 is 30.6 Å². The van der Waals surface area contributed by atoms with E-state index in [9.17, 15) is 28.8 Å². The van der Waals surface area contributed by atoms with Gasteiger partial charge in [0, 0.05) is 0 Å². The summed E-state index contributed by atoms with van der Waals surface area (Å²) in [4.78, 5) is 0. The van der Waals surface area contributed by atoms with E-state index < -0.39 is 32.8 Å². The first-order valence-corrected chi connectivity index (χ1v) is 6.26. The van der Waals surface area contributed by atoms with E-state index in [4.69, 9.17) is 10.2 Å². The molecule has 0 aliphatic carbocycles. The Labute approximate surface area is 97.0 Å².